The number of nitrogens with zero attached hydrogens (tertiary/aromatic N) is 2. The van der Waals surface area contributed by atoms with Crippen LogP contribution in [0.1, 0.15) is 34.6 Å². The molecule has 0 bridgehead atoms. The molecule has 0 fully saturated rings. The number of rotatable bonds is 2. The third-order valence-electron chi connectivity index (χ3n) is 5.43. The number of halogens is 1. The zero-order chi connectivity index (χ0) is 20.0. The van der Waals surface area contributed by atoms with Crippen molar-refractivity contribution in [3.05, 3.63) is 106 Å². The van der Waals surface area contributed by atoms with Crippen molar-refractivity contribution in [3.8, 4) is 5.75 Å². The summed E-state index contributed by atoms with van der Waals surface area (Å²) in [5, 5.41) is 0.649. The summed E-state index contributed by atoms with van der Waals surface area (Å²) in [5.74, 6) is 0.724. The van der Waals surface area contributed by atoms with E-state index in [1.807, 2.05) is 84.6 Å². The van der Waals surface area contributed by atoms with Crippen LogP contribution in [0.3, 0.4) is 0 Å². The first-order valence-electron chi connectivity index (χ1n) is 9.50. The maximum atomic E-state index is 13.6. The molecule has 2 aliphatic heterocycles. The molecule has 3 aromatic carbocycles. The van der Waals surface area contributed by atoms with Crippen molar-refractivity contribution in [2.24, 2.45) is 0 Å². The highest BCUT2D eigenvalue weighted by atomic mass is 35.5. The van der Waals surface area contributed by atoms with Crippen molar-refractivity contribution in [1.29, 1.82) is 0 Å². The first-order chi connectivity index (χ1) is 14.1. The third kappa shape index (κ3) is 2.88. The molecule has 5 rings (SSSR count). The Balaban J connectivity index is 1.73. The van der Waals surface area contributed by atoms with Gasteiger partial charge in [-0.15, -0.1) is 0 Å². The van der Waals surface area contributed by atoms with Crippen LogP contribution in [0.25, 0.3) is 0 Å². The van der Waals surface area contributed by atoms with Crippen LogP contribution in [0.4, 0.5) is 5.69 Å². The SMILES string of the molecule is CC1=COc2ccccc2C2N(Cc3ccccc3Cl)C(=O)c3ccccc3N12. The molecule has 2 heterocycles. The van der Waals surface area contributed by atoms with E-state index >= 15 is 0 Å². The molecule has 0 aliphatic carbocycles. The van der Waals surface area contributed by atoms with Crippen LogP contribution in [0.5, 0.6) is 5.75 Å². The van der Waals surface area contributed by atoms with Crippen molar-refractivity contribution in [1.82, 2.24) is 4.90 Å². The van der Waals surface area contributed by atoms with E-state index in [9.17, 15) is 4.79 Å². The Hall–Kier alpha value is -3.24. The number of carbonyl (C=O) groups excluding carboxylic acids is 1. The number of amides is 1. The Morgan fingerprint density at radius 3 is 2.55 bits per heavy atom. The summed E-state index contributed by atoms with van der Waals surface area (Å²) in [6.45, 7) is 2.40. The number of anilines is 1. The number of ether oxygens (including phenoxy) is 1. The molecular formula is C24H19ClN2O2. The smallest absolute Gasteiger partial charge is 0.258 e. The number of hydrogen-bond donors (Lipinski definition) is 0. The summed E-state index contributed by atoms with van der Waals surface area (Å²) in [4.78, 5) is 17.6. The van der Waals surface area contributed by atoms with Gasteiger partial charge < -0.3 is 14.5 Å². The number of carbonyl (C=O) groups is 1. The maximum Gasteiger partial charge on any atom is 0.258 e. The highest BCUT2D eigenvalue weighted by molar-refractivity contribution is 6.31. The summed E-state index contributed by atoms with van der Waals surface area (Å²) >= 11 is 6.44. The summed E-state index contributed by atoms with van der Waals surface area (Å²) in [7, 11) is 0. The number of hydrogen-bond acceptors (Lipinski definition) is 3. The highest BCUT2D eigenvalue weighted by Gasteiger charge is 2.41. The van der Waals surface area contributed by atoms with Gasteiger partial charge in [-0.3, -0.25) is 4.79 Å². The predicted molar refractivity (Wildman–Crippen MR) is 114 cm³/mol. The van der Waals surface area contributed by atoms with E-state index < -0.39 is 0 Å². The minimum absolute atomic E-state index is 0.0220. The fourth-order valence-corrected chi connectivity index (χ4v) is 4.26. The average molecular weight is 403 g/mol. The predicted octanol–water partition coefficient (Wildman–Crippen LogP) is 5.75. The number of fused-ring (bicyclic) bond motifs is 5. The quantitative estimate of drug-likeness (QED) is 0.546. The first-order valence-corrected chi connectivity index (χ1v) is 9.88. The molecule has 0 N–H and O–H groups in total. The van der Waals surface area contributed by atoms with Gasteiger partial charge in [0, 0.05) is 17.1 Å². The monoisotopic (exact) mass is 402 g/mol. The van der Waals surface area contributed by atoms with Crippen molar-refractivity contribution >= 4 is 23.2 Å². The molecule has 4 nitrogen and oxygen atoms in total. The zero-order valence-electron chi connectivity index (χ0n) is 15.9. The summed E-state index contributed by atoms with van der Waals surface area (Å²) < 4.78 is 5.96. The number of para-hydroxylation sites is 2. The molecule has 0 spiro atoms. The normalized spacial score (nSPS) is 17.5. The minimum atomic E-state index is -0.330. The van der Waals surface area contributed by atoms with Gasteiger partial charge in [0.1, 0.15) is 18.2 Å². The van der Waals surface area contributed by atoms with E-state index in [0.717, 1.165) is 28.3 Å². The van der Waals surface area contributed by atoms with Crippen molar-refractivity contribution in [3.63, 3.8) is 0 Å². The molecule has 29 heavy (non-hydrogen) atoms. The lowest BCUT2D eigenvalue weighted by Crippen LogP contribution is -2.48. The number of allylic oxidation sites excluding steroid dienone is 1. The van der Waals surface area contributed by atoms with Gasteiger partial charge in [-0.1, -0.05) is 60.1 Å². The fraction of sp³-hybridized carbons (Fsp3) is 0.125. The van der Waals surface area contributed by atoms with Crippen LogP contribution >= 0.6 is 11.6 Å². The standard InChI is InChI=1S/C24H19ClN2O2/c1-16-15-29-22-13-7-4-10-19(22)23-26(14-17-8-2-5-11-20(17)25)24(28)18-9-3-6-12-21(18)27(16)23/h2-13,15,23H,14H2,1H3. The van der Waals surface area contributed by atoms with Gasteiger partial charge in [0.05, 0.1) is 16.9 Å². The van der Waals surface area contributed by atoms with Crippen LogP contribution in [0, 0.1) is 0 Å². The number of benzene rings is 3. The topological polar surface area (TPSA) is 32.8 Å². The van der Waals surface area contributed by atoms with Gasteiger partial charge in [-0.2, -0.15) is 0 Å². The van der Waals surface area contributed by atoms with Crippen molar-refractivity contribution in [2.45, 2.75) is 19.6 Å². The van der Waals surface area contributed by atoms with Gasteiger partial charge in [-0.05, 0) is 36.8 Å². The lowest BCUT2D eigenvalue weighted by atomic mass is 9.99. The Kier molecular flexibility index (Phi) is 4.29. The molecule has 5 heteroatoms. The molecule has 0 saturated carbocycles. The van der Waals surface area contributed by atoms with E-state index in [1.165, 1.54) is 0 Å². The van der Waals surface area contributed by atoms with Crippen LogP contribution in [-0.4, -0.2) is 10.8 Å². The Morgan fingerprint density at radius 2 is 1.69 bits per heavy atom. The fourth-order valence-electron chi connectivity index (χ4n) is 4.07. The molecule has 144 valence electrons. The van der Waals surface area contributed by atoms with Crippen LogP contribution in [0.2, 0.25) is 5.02 Å². The van der Waals surface area contributed by atoms with Gasteiger partial charge in [0.25, 0.3) is 5.91 Å². The van der Waals surface area contributed by atoms with Gasteiger partial charge in [0.15, 0.2) is 0 Å². The van der Waals surface area contributed by atoms with E-state index in [0.29, 0.717) is 17.1 Å². The largest absolute Gasteiger partial charge is 0.463 e. The van der Waals surface area contributed by atoms with Crippen molar-refractivity contribution < 1.29 is 9.53 Å². The van der Waals surface area contributed by atoms with E-state index in [1.54, 1.807) is 6.26 Å². The lowest BCUT2D eigenvalue weighted by Gasteiger charge is -2.45. The Morgan fingerprint density at radius 1 is 0.966 bits per heavy atom. The van der Waals surface area contributed by atoms with Crippen molar-refractivity contribution in [2.75, 3.05) is 4.90 Å². The third-order valence-corrected chi connectivity index (χ3v) is 5.80. The molecule has 1 amide bonds. The average Bonchev–Trinajstić information content (AvgIpc) is 2.89. The second kappa shape index (κ2) is 6.98. The summed E-state index contributed by atoms with van der Waals surface area (Å²) in [5.41, 5.74) is 4.33. The zero-order valence-corrected chi connectivity index (χ0v) is 16.6. The van der Waals surface area contributed by atoms with E-state index in [2.05, 4.69) is 4.90 Å². The second-order valence-electron chi connectivity index (χ2n) is 7.20. The highest BCUT2D eigenvalue weighted by Crippen LogP contribution is 2.45. The minimum Gasteiger partial charge on any atom is -0.463 e. The second-order valence-corrected chi connectivity index (χ2v) is 7.61. The van der Waals surface area contributed by atoms with Gasteiger partial charge in [-0.25, -0.2) is 0 Å². The van der Waals surface area contributed by atoms with Gasteiger partial charge in [0.2, 0.25) is 0 Å². The van der Waals surface area contributed by atoms with Crippen LogP contribution in [0.15, 0.2) is 84.8 Å². The molecular weight excluding hydrogens is 384 g/mol. The van der Waals surface area contributed by atoms with Crippen LogP contribution in [-0.2, 0) is 6.54 Å². The molecule has 2 aliphatic rings. The molecule has 0 radical (unpaired) electrons. The lowest BCUT2D eigenvalue weighted by molar-refractivity contribution is 0.0638. The molecule has 3 aromatic rings. The first kappa shape index (κ1) is 17.8. The summed E-state index contributed by atoms with van der Waals surface area (Å²) in [6.07, 6.45) is 1.42. The van der Waals surface area contributed by atoms with Crippen LogP contribution < -0.4 is 9.64 Å². The Bertz CT molecular complexity index is 1140. The van der Waals surface area contributed by atoms with E-state index in [-0.39, 0.29) is 12.1 Å². The molecule has 1 atom stereocenters. The maximum absolute atomic E-state index is 13.6. The Labute approximate surface area is 174 Å². The molecule has 0 aromatic heterocycles. The molecule has 1 unspecified atom stereocenters. The van der Waals surface area contributed by atoms with Gasteiger partial charge >= 0.3 is 0 Å². The molecule has 0 saturated heterocycles. The summed E-state index contributed by atoms with van der Waals surface area (Å²) in [6, 6.07) is 23.2. The van der Waals surface area contributed by atoms with E-state index in [4.69, 9.17) is 16.3 Å².